The number of ether oxygens (including phenoxy) is 1. The Labute approximate surface area is 75.7 Å². The summed E-state index contributed by atoms with van der Waals surface area (Å²) in [6, 6.07) is 0.576. The summed E-state index contributed by atoms with van der Waals surface area (Å²) in [5.41, 5.74) is 5.53. The summed E-state index contributed by atoms with van der Waals surface area (Å²) in [7, 11) is 0. The van der Waals surface area contributed by atoms with Crippen molar-refractivity contribution in [3.63, 3.8) is 0 Å². The molecule has 0 aliphatic rings. The zero-order valence-electron chi connectivity index (χ0n) is 8.47. The van der Waals surface area contributed by atoms with E-state index in [2.05, 4.69) is 19.2 Å². The molecule has 74 valence electrons. The van der Waals surface area contributed by atoms with Gasteiger partial charge < -0.3 is 15.8 Å². The molecule has 0 aliphatic heterocycles. The van der Waals surface area contributed by atoms with Crippen molar-refractivity contribution in [3.8, 4) is 0 Å². The van der Waals surface area contributed by atoms with Gasteiger partial charge in [-0.1, -0.05) is 6.92 Å². The molecule has 0 aromatic carbocycles. The van der Waals surface area contributed by atoms with Crippen molar-refractivity contribution >= 4 is 0 Å². The highest BCUT2D eigenvalue weighted by atomic mass is 16.5. The van der Waals surface area contributed by atoms with Crippen LogP contribution in [0, 0.1) is 0 Å². The highest BCUT2D eigenvalue weighted by Gasteiger charge is 2.00. The van der Waals surface area contributed by atoms with Gasteiger partial charge in [-0.25, -0.2) is 0 Å². The average molecular weight is 174 g/mol. The van der Waals surface area contributed by atoms with Crippen molar-refractivity contribution in [1.82, 2.24) is 5.32 Å². The van der Waals surface area contributed by atoms with Crippen LogP contribution in [-0.4, -0.2) is 31.8 Å². The van der Waals surface area contributed by atoms with Gasteiger partial charge in [-0.05, 0) is 26.8 Å². The maximum atomic E-state index is 5.53. The molecule has 0 saturated heterocycles. The predicted molar refractivity (Wildman–Crippen MR) is 52.2 cm³/mol. The molecule has 0 heterocycles. The van der Waals surface area contributed by atoms with Crippen LogP contribution in [0.5, 0.6) is 0 Å². The van der Waals surface area contributed by atoms with Crippen LogP contribution in [0.15, 0.2) is 0 Å². The minimum absolute atomic E-state index is 0.142. The molecular weight excluding hydrogens is 152 g/mol. The predicted octanol–water partition coefficient (Wildman–Crippen LogP) is 0.738. The van der Waals surface area contributed by atoms with Crippen LogP contribution >= 0.6 is 0 Å². The highest BCUT2D eigenvalue weighted by Crippen LogP contribution is 1.86. The van der Waals surface area contributed by atoms with E-state index in [1.807, 2.05) is 6.92 Å². The zero-order valence-corrected chi connectivity index (χ0v) is 8.47. The lowest BCUT2D eigenvalue weighted by molar-refractivity contribution is 0.107. The van der Waals surface area contributed by atoms with Gasteiger partial charge in [0.05, 0.1) is 13.2 Å². The van der Waals surface area contributed by atoms with E-state index in [-0.39, 0.29) is 6.04 Å². The Morgan fingerprint density at radius 1 is 1.33 bits per heavy atom. The molecule has 2 atom stereocenters. The number of hydrogen-bond donors (Lipinski definition) is 2. The van der Waals surface area contributed by atoms with Gasteiger partial charge >= 0.3 is 0 Å². The first-order valence-corrected chi connectivity index (χ1v) is 4.73. The Bertz CT molecular complexity index is 96.5. The van der Waals surface area contributed by atoms with Gasteiger partial charge in [-0.2, -0.15) is 0 Å². The molecule has 0 radical (unpaired) electrons. The Balaban J connectivity index is 3.13. The maximum Gasteiger partial charge on any atom is 0.0617 e. The second kappa shape index (κ2) is 7.53. The molecule has 0 amide bonds. The lowest BCUT2D eigenvalue weighted by Crippen LogP contribution is -2.33. The highest BCUT2D eigenvalue weighted by molar-refractivity contribution is 4.59. The van der Waals surface area contributed by atoms with Crippen molar-refractivity contribution < 1.29 is 4.74 Å². The number of nitrogens with one attached hydrogen (secondary N) is 1. The van der Waals surface area contributed by atoms with Crippen LogP contribution in [0.25, 0.3) is 0 Å². The molecule has 3 heteroatoms. The van der Waals surface area contributed by atoms with Gasteiger partial charge in [0, 0.05) is 12.1 Å². The van der Waals surface area contributed by atoms with E-state index < -0.39 is 0 Å². The molecule has 0 saturated carbocycles. The third-order valence-electron chi connectivity index (χ3n) is 1.49. The van der Waals surface area contributed by atoms with E-state index in [0.717, 1.165) is 19.6 Å². The number of rotatable bonds is 7. The maximum absolute atomic E-state index is 5.53. The first-order chi connectivity index (χ1) is 5.66. The zero-order chi connectivity index (χ0) is 9.40. The summed E-state index contributed by atoms with van der Waals surface area (Å²) in [5, 5.41) is 3.34. The second-order valence-corrected chi connectivity index (χ2v) is 3.37. The standard InChI is InChI=1S/C9H22N2O/c1-4-5-11-9(3)7-12-6-8(2)10/h8-9,11H,4-7,10H2,1-3H3. The first kappa shape index (κ1) is 11.9. The third-order valence-corrected chi connectivity index (χ3v) is 1.49. The van der Waals surface area contributed by atoms with E-state index in [9.17, 15) is 0 Å². The normalized spacial score (nSPS) is 16.0. The van der Waals surface area contributed by atoms with Gasteiger partial charge in [0.15, 0.2) is 0 Å². The molecule has 12 heavy (non-hydrogen) atoms. The van der Waals surface area contributed by atoms with Gasteiger partial charge in [0.25, 0.3) is 0 Å². The fourth-order valence-corrected chi connectivity index (χ4v) is 0.880. The van der Waals surface area contributed by atoms with Gasteiger partial charge in [0.2, 0.25) is 0 Å². The fourth-order valence-electron chi connectivity index (χ4n) is 0.880. The van der Waals surface area contributed by atoms with Crippen LogP contribution in [0.4, 0.5) is 0 Å². The molecule has 0 spiro atoms. The van der Waals surface area contributed by atoms with E-state index in [1.54, 1.807) is 0 Å². The summed E-state index contributed by atoms with van der Waals surface area (Å²) in [4.78, 5) is 0. The van der Waals surface area contributed by atoms with Gasteiger partial charge in [-0.15, -0.1) is 0 Å². The van der Waals surface area contributed by atoms with Crippen molar-refractivity contribution in [2.45, 2.75) is 39.3 Å². The smallest absolute Gasteiger partial charge is 0.0617 e. The second-order valence-electron chi connectivity index (χ2n) is 3.37. The summed E-state index contributed by atoms with van der Waals surface area (Å²) in [6.45, 7) is 8.69. The van der Waals surface area contributed by atoms with E-state index >= 15 is 0 Å². The first-order valence-electron chi connectivity index (χ1n) is 4.73. The van der Waals surface area contributed by atoms with Crippen molar-refractivity contribution in [1.29, 1.82) is 0 Å². The lowest BCUT2D eigenvalue weighted by atomic mass is 10.3. The molecule has 0 aromatic heterocycles. The molecule has 2 unspecified atom stereocenters. The van der Waals surface area contributed by atoms with Crippen molar-refractivity contribution in [2.75, 3.05) is 19.8 Å². The monoisotopic (exact) mass is 174 g/mol. The topological polar surface area (TPSA) is 47.3 Å². The van der Waals surface area contributed by atoms with Crippen molar-refractivity contribution in [3.05, 3.63) is 0 Å². The summed E-state index contributed by atoms with van der Waals surface area (Å²) in [6.07, 6.45) is 1.16. The van der Waals surface area contributed by atoms with Crippen LogP contribution in [0.2, 0.25) is 0 Å². The SMILES string of the molecule is CCCNC(C)COCC(C)N. The summed E-state index contributed by atoms with van der Waals surface area (Å²) in [5.74, 6) is 0. The Hall–Kier alpha value is -0.120. The number of hydrogen-bond acceptors (Lipinski definition) is 3. The largest absolute Gasteiger partial charge is 0.378 e. The van der Waals surface area contributed by atoms with Crippen LogP contribution in [-0.2, 0) is 4.74 Å². The Morgan fingerprint density at radius 2 is 2.00 bits per heavy atom. The summed E-state index contributed by atoms with van der Waals surface area (Å²) < 4.78 is 5.37. The fraction of sp³-hybridized carbons (Fsp3) is 1.00. The van der Waals surface area contributed by atoms with E-state index in [1.165, 1.54) is 0 Å². The number of nitrogens with two attached hydrogens (primary N) is 1. The van der Waals surface area contributed by atoms with Crippen LogP contribution in [0.3, 0.4) is 0 Å². The van der Waals surface area contributed by atoms with E-state index in [0.29, 0.717) is 12.6 Å². The quantitative estimate of drug-likeness (QED) is 0.598. The summed E-state index contributed by atoms with van der Waals surface area (Å²) >= 11 is 0. The molecule has 3 nitrogen and oxygen atoms in total. The Morgan fingerprint density at radius 3 is 2.50 bits per heavy atom. The lowest BCUT2D eigenvalue weighted by Gasteiger charge is -2.14. The molecule has 3 N–H and O–H groups in total. The molecule has 0 fully saturated rings. The molecule has 0 aromatic rings. The molecule has 0 rings (SSSR count). The van der Waals surface area contributed by atoms with Crippen LogP contribution in [0.1, 0.15) is 27.2 Å². The van der Waals surface area contributed by atoms with Crippen LogP contribution < -0.4 is 11.1 Å². The van der Waals surface area contributed by atoms with E-state index in [4.69, 9.17) is 10.5 Å². The third kappa shape index (κ3) is 7.98. The molecule has 0 aliphatic carbocycles. The van der Waals surface area contributed by atoms with Crippen molar-refractivity contribution in [2.24, 2.45) is 5.73 Å². The molecular formula is C9H22N2O. The molecule has 0 bridgehead atoms. The minimum atomic E-state index is 0.142. The minimum Gasteiger partial charge on any atom is -0.378 e. The Kier molecular flexibility index (Phi) is 7.45. The average Bonchev–Trinajstić information content (AvgIpc) is 2.00. The van der Waals surface area contributed by atoms with Gasteiger partial charge in [0.1, 0.15) is 0 Å². The van der Waals surface area contributed by atoms with Gasteiger partial charge in [-0.3, -0.25) is 0 Å².